The van der Waals surface area contributed by atoms with Gasteiger partial charge in [0.05, 0.1) is 16.6 Å². The highest BCUT2D eigenvalue weighted by atomic mass is 16.5. The molecule has 0 saturated carbocycles. The van der Waals surface area contributed by atoms with Gasteiger partial charge in [0.2, 0.25) is 5.96 Å². The van der Waals surface area contributed by atoms with E-state index in [1.54, 1.807) is 27.0 Å². The Hall–Kier alpha value is -2.77. The van der Waals surface area contributed by atoms with Gasteiger partial charge in [-0.15, -0.1) is 0 Å². The number of amides is 2. The second-order valence-electron chi connectivity index (χ2n) is 4.81. The molecule has 108 valence electrons. The van der Waals surface area contributed by atoms with Crippen molar-refractivity contribution in [2.75, 3.05) is 13.6 Å². The molecule has 0 saturated heterocycles. The van der Waals surface area contributed by atoms with E-state index in [-0.39, 0.29) is 24.3 Å². The number of nitrogens with one attached hydrogen (secondary N) is 1. The molecule has 2 aromatic heterocycles. The van der Waals surface area contributed by atoms with Crippen LogP contribution >= 0.6 is 0 Å². The lowest BCUT2D eigenvalue weighted by Crippen LogP contribution is -2.41. The van der Waals surface area contributed by atoms with Crippen LogP contribution in [0, 0.1) is 13.8 Å². The summed E-state index contributed by atoms with van der Waals surface area (Å²) in [6, 6.07) is 1.65. The van der Waals surface area contributed by atoms with Crippen molar-refractivity contribution in [3.8, 4) is 0 Å². The Bertz CT molecular complexity index is 792. The first-order chi connectivity index (χ1) is 9.97. The molecule has 0 aliphatic carbocycles. The minimum absolute atomic E-state index is 0.0448. The third-order valence-corrected chi connectivity index (χ3v) is 3.27. The first kappa shape index (κ1) is 13.2. The van der Waals surface area contributed by atoms with Gasteiger partial charge in [-0.3, -0.25) is 19.8 Å². The lowest BCUT2D eigenvalue weighted by Gasteiger charge is -2.13. The number of likely N-dealkylation sites (N-methyl/N-ethyl adjacent to an activating group) is 1. The topological polar surface area (TPSA) is 101 Å². The van der Waals surface area contributed by atoms with Crippen molar-refractivity contribution in [3.63, 3.8) is 0 Å². The second-order valence-corrected chi connectivity index (χ2v) is 4.81. The summed E-state index contributed by atoms with van der Waals surface area (Å²) in [7, 11) is 1.56. The Morgan fingerprint density at radius 1 is 1.43 bits per heavy atom. The summed E-state index contributed by atoms with van der Waals surface area (Å²) in [4.78, 5) is 33.3. The van der Waals surface area contributed by atoms with E-state index in [4.69, 9.17) is 4.52 Å². The molecular formula is C13H13N5O3. The molecule has 0 radical (unpaired) electrons. The summed E-state index contributed by atoms with van der Waals surface area (Å²) in [6.45, 7) is 3.54. The number of hydrogen-bond donors (Lipinski definition) is 1. The Kier molecular flexibility index (Phi) is 2.93. The van der Waals surface area contributed by atoms with Gasteiger partial charge in [-0.1, -0.05) is 5.16 Å². The molecule has 21 heavy (non-hydrogen) atoms. The smallest absolute Gasteiger partial charge is 0.258 e. The van der Waals surface area contributed by atoms with E-state index in [0.717, 1.165) is 0 Å². The summed E-state index contributed by atoms with van der Waals surface area (Å²) in [5.41, 5.74) is 1.93. The fraction of sp³-hybridized carbons (Fsp3) is 0.308. The van der Waals surface area contributed by atoms with E-state index in [0.29, 0.717) is 28.1 Å². The third kappa shape index (κ3) is 2.14. The number of aliphatic imine (C=N–C) groups is 1. The summed E-state index contributed by atoms with van der Waals surface area (Å²) in [5, 5.41) is 7.02. The highest BCUT2D eigenvalue weighted by Crippen LogP contribution is 2.21. The summed E-state index contributed by atoms with van der Waals surface area (Å²) >= 11 is 0. The molecule has 0 spiro atoms. The van der Waals surface area contributed by atoms with Gasteiger partial charge in [-0.05, 0) is 19.9 Å². The van der Waals surface area contributed by atoms with Gasteiger partial charge in [0.1, 0.15) is 6.54 Å². The van der Waals surface area contributed by atoms with Crippen LogP contribution in [0.2, 0.25) is 0 Å². The van der Waals surface area contributed by atoms with E-state index < -0.39 is 0 Å². The van der Waals surface area contributed by atoms with E-state index in [9.17, 15) is 9.59 Å². The van der Waals surface area contributed by atoms with Gasteiger partial charge in [0.15, 0.2) is 0 Å². The Morgan fingerprint density at radius 3 is 2.86 bits per heavy atom. The SMILES string of the molecule is Cc1cc(C(=O)NC2=NCC(=O)N2C)c2c(C)noc2n1. The average Bonchev–Trinajstić information content (AvgIpc) is 2.95. The standard InChI is InChI=1S/C13H13N5O3/c1-6-4-8(10-7(2)17-21-12(10)15-6)11(20)16-13-14-5-9(19)18(13)3/h4H,5H2,1-3H3,(H,14,16,20). The van der Waals surface area contributed by atoms with Crippen LogP contribution in [0.5, 0.6) is 0 Å². The maximum Gasteiger partial charge on any atom is 0.258 e. The zero-order valence-electron chi connectivity index (χ0n) is 11.8. The third-order valence-electron chi connectivity index (χ3n) is 3.27. The van der Waals surface area contributed by atoms with E-state index in [1.807, 2.05) is 0 Å². The minimum atomic E-state index is -0.378. The summed E-state index contributed by atoms with van der Waals surface area (Å²) in [6.07, 6.45) is 0. The zero-order chi connectivity index (χ0) is 15.1. The summed E-state index contributed by atoms with van der Waals surface area (Å²) in [5.74, 6) is -0.304. The predicted molar refractivity (Wildman–Crippen MR) is 73.8 cm³/mol. The van der Waals surface area contributed by atoms with Gasteiger partial charge in [-0.25, -0.2) is 9.98 Å². The van der Waals surface area contributed by atoms with Crippen molar-refractivity contribution >= 4 is 28.9 Å². The Labute approximate surface area is 119 Å². The van der Waals surface area contributed by atoms with Crippen molar-refractivity contribution in [1.29, 1.82) is 0 Å². The van der Waals surface area contributed by atoms with Crippen molar-refractivity contribution in [2.45, 2.75) is 13.8 Å². The lowest BCUT2D eigenvalue weighted by molar-refractivity contribution is -0.123. The van der Waals surface area contributed by atoms with Crippen LogP contribution in [0.3, 0.4) is 0 Å². The van der Waals surface area contributed by atoms with Crippen LogP contribution in [0.25, 0.3) is 11.1 Å². The molecule has 0 bridgehead atoms. The minimum Gasteiger partial charge on any atom is -0.336 e. The van der Waals surface area contributed by atoms with Gasteiger partial charge in [0, 0.05) is 12.7 Å². The first-order valence-corrected chi connectivity index (χ1v) is 6.33. The number of aromatic nitrogens is 2. The van der Waals surface area contributed by atoms with Crippen molar-refractivity contribution < 1.29 is 14.1 Å². The van der Waals surface area contributed by atoms with Gasteiger partial charge >= 0.3 is 0 Å². The predicted octanol–water partition coefficient (Wildman–Crippen LogP) is 0.397. The number of hydrogen-bond acceptors (Lipinski definition) is 6. The Balaban J connectivity index is 1.99. The fourth-order valence-corrected chi connectivity index (χ4v) is 2.16. The molecule has 8 nitrogen and oxygen atoms in total. The zero-order valence-corrected chi connectivity index (χ0v) is 11.8. The lowest BCUT2D eigenvalue weighted by atomic mass is 10.1. The Morgan fingerprint density at radius 2 is 2.19 bits per heavy atom. The van der Waals surface area contributed by atoms with Gasteiger partial charge in [0.25, 0.3) is 17.5 Å². The number of carbonyl (C=O) groups excluding carboxylic acids is 2. The normalized spacial score (nSPS) is 14.7. The number of pyridine rings is 1. The second kappa shape index (κ2) is 4.65. The van der Waals surface area contributed by atoms with Gasteiger partial charge in [-0.2, -0.15) is 0 Å². The van der Waals surface area contributed by atoms with Crippen LogP contribution < -0.4 is 5.32 Å². The molecule has 3 rings (SSSR count). The molecule has 8 heteroatoms. The number of rotatable bonds is 1. The number of nitrogens with zero attached hydrogens (tertiary/aromatic N) is 4. The van der Waals surface area contributed by atoms with E-state index >= 15 is 0 Å². The molecule has 1 N–H and O–H groups in total. The summed E-state index contributed by atoms with van der Waals surface area (Å²) < 4.78 is 5.09. The number of fused-ring (bicyclic) bond motifs is 1. The molecule has 2 aromatic rings. The molecule has 2 amide bonds. The maximum atomic E-state index is 12.4. The van der Waals surface area contributed by atoms with Crippen LogP contribution in [0.4, 0.5) is 0 Å². The number of aryl methyl sites for hydroxylation is 2. The molecule has 3 heterocycles. The highest BCUT2D eigenvalue weighted by molar-refractivity contribution is 6.15. The average molecular weight is 287 g/mol. The van der Waals surface area contributed by atoms with Crippen LogP contribution in [0.1, 0.15) is 21.7 Å². The molecule has 0 atom stereocenters. The molecule has 1 aliphatic rings. The van der Waals surface area contributed by atoms with Crippen LogP contribution in [-0.2, 0) is 4.79 Å². The van der Waals surface area contributed by atoms with Crippen molar-refractivity contribution in [2.24, 2.45) is 4.99 Å². The van der Waals surface area contributed by atoms with Crippen LogP contribution in [-0.4, -0.2) is 46.4 Å². The maximum absolute atomic E-state index is 12.4. The van der Waals surface area contributed by atoms with E-state index in [1.165, 1.54) is 4.90 Å². The molecule has 0 fully saturated rings. The number of carbonyl (C=O) groups is 2. The van der Waals surface area contributed by atoms with Crippen molar-refractivity contribution in [3.05, 3.63) is 23.0 Å². The quantitative estimate of drug-likeness (QED) is 0.818. The largest absolute Gasteiger partial charge is 0.336 e. The monoisotopic (exact) mass is 287 g/mol. The fourth-order valence-electron chi connectivity index (χ4n) is 2.16. The van der Waals surface area contributed by atoms with E-state index in [2.05, 4.69) is 20.4 Å². The van der Waals surface area contributed by atoms with Crippen LogP contribution in [0.15, 0.2) is 15.6 Å². The van der Waals surface area contributed by atoms with Gasteiger partial charge < -0.3 is 4.52 Å². The molecule has 0 unspecified atom stereocenters. The molecular weight excluding hydrogens is 274 g/mol. The highest BCUT2D eigenvalue weighted by Gasteiger charge is 2.25. The molecule has 0 aromatic carbocycles. The molecule has 1 aliphatic heterocycles. The van der Waals surface area contributed by atoms with Crippen molar-refractivity contribution in [1.82, 2.24) is 20.4 Å². The number of guanidine groups is 1. The first-order valence-electron chi connectivity index (χ1n) is 6.33.